The van der Waals surface area contributed by atoms with Crippen LogP contribution in [0.4, 0.5) is 0 Å². The molecule has 2 aliphatic rings. The number of carbonyl (C=O) groups is 2. The van der Waals surface area contributed by atoms with Crippen LogP contribution in [-0.2, 0) is 0 Å². The number of aryl methyl sites for hydroxylation is 2. The molecule has 200 valence electrons. The van der Waals surface area contributed by atoms with E-state index in [9.17, 15) is 9.59 Å². The minimum Gasteiger partial charge on any atom is -0.301 e. The third-order valence-electron chi connectivity index (χ3n) is 8.27. The molecule has 2 aromatic rings. The molecule has 0 amide bonds. The van der Waals surface area contributed by atoms with E-state index in [0.717, 1.165) is 27.8 Å². The normalized spacial score (nSPS) is 23.9. The molecule has 0 spiro atoms. The summed E-state index contributed by atoms with van der Waals surface area (Å²) in [4.78, 5) is 30.6. The number of carbonyl (C=O) groups excluding carboxylic acids is 2. The van der Waals surface area contributed by atoms with E-state index >= 15 is 0 Å². The van der Waals surface area contributed by atoms with Gasteiger partial charge in [0, 0.05) is 37.5 Å². The van der Waals surface area contributed by atoms with Crippen molar-refractivity contribution in [3.8, 4) is 0 Å². The largest absolute Gasteiger partial charge is 0.301 e. The van der Waals surface area contributed by atoms with E-state index in [1.54, 1.807) is 22.7 Å². The van der Waals surface area contributed by atoms with Gasteiger partial charge < -0.3 is 10.6 Å². The van der Waals surface area contributed by atoms with Gasteiger partial charge in [0.25, 0.3) is 0 Å². The molecule has 3 heterocycles. The molecule has 4 nitrogen and oxygen atoms in total. The topological polar surface area (TPSA) is 58.2 Å². The number of hydrogen-bond acceptors (Lipinski definition) is 6. The van der Waals surface area contributed by atoms with E-state index in [4.69, 9.17) is 0 Å². The fraction of sp³-hybridized carbons (Fsp3) is 0.733. The van der Waals surface area contributed by atoms with Gasteiger partial charge in [-0.2, -0.15) is 0 Å². The standard InChI is InChI=1S/C30H46N2O2S2/c1-5-7-9-11-13-15-17-21-22(18-16-14-12-10-8-6-2)32-26-25(31-21)27(33)24-23-19(3)35-20(4)29(23)36-30(24)28(26)34/h21-22,25-26,31-32H,5-18H2,1-4H3. The van der Waals surface area contributed by atoms with Gasteiger partial charge in [-0.15, -0.1) is 22.7 Å². The van der Waals surface area contributed by atoms with Crippen LogP contribution in [0.15, 0.2) is 0 Å². The average Bonchev–Trinajstić information content (AvgIpc) is 3.40. The number of piperazine rings is 1. The van der Waals surface area contributed by atoms with Gasteiger partial charge in [0.2, 0.25) is 0 Å². The first-order chi connectivity index (χ1) is 17.5. The van der Waals surface area contributed by atoms with E-state index in [1.807, 2.05) is 0 Å². The number of nitrogens with one attached hydrogen (secondary N) is 2. The van der Waals surface area contributed by atoms with E-state index in [0.29, 0.717) is 10.4 Å². The van der Waals surface area contributed by atoms with Crippen molar-refractivity contribution in [2.24, 2.45) is 0 Å². The lowest BCUT2D eigenvalue weighted by Gasteiger charge is -2.44. The molecule has 1 saturated heterocycles. The second kappa shape index (κ2) is 13.1. The molecule has 1 aliphatic carbocycles. The lowest BCUT2D eigenvalue weighted by Crippen LogP contribution is -2.71. The first-order valence-electron chi connectivity index (χ1n) is 14.6. The number of ketones is 2. The summed E-state index contributed by atoms with van der Waals surface area (Å²) >= 11 is 3.28. The van der Waals surface area contributed by atoms with E-state index in [-0.39, 0.29) is 23.7 Å². The van der Waals surface area contributed by atoms with Crippen LogP contribution in [0.1, 0.15) is 134 Å². The zero-order valence-electron chi connectivity index (χ0n) is 22.8. The van der Waals surface area contributed by atoms with Gasteiger partial charge in [0.05, 0.1) is 17.0 Å². The van der Waals surface area contributed by atoms with Crippen molar-refractivity contribution in [1.82, 2.24) is 10.6 Å². The van der Waals surface area contributed by atoms with Gasteiger partial charge in [-0.05, 0) is 26.7 Å². The Labute approximate surface area is 226 Å². The van der Waals surface area contributed by atoms with Gasteiger partial charge in [-0.3, -0.25) is 9.59 Å². The summed E-state index contributed by atoms with van der Waals surface area (Å²) in [6.07, 6.45) is 17.5. The molecule has 6 heteroatoms. The van der Waals surface area contributed by atoms with Crippen molar-refractivity contribution in [3.63, 3.8) is 0 Å². The van der Waals surface area contributed by atoms with Crippen molar-refractivity contribution in [2.75, 3.05) is 0 Å². The Morgan fingerprint density at radius 2 is 1.14 bits per heavy atom. The zero-order chi connectivity index (χ0) is 25.7. The molecule has 1 aliphatic heterocycles. The molecular weight excluding hydrogens is 484 g/mol. The van der Waals surface area contributed by atoms with Crippen LogP contribution in [0, 0.1) is 13.8 Å². The van der Waals surface area contributed by atoms with Crippen LogP contribution >= 0.6 is 22.7 Å². The van der Waals surface area contributed by atoms with Crippen molar-refractivity contribution in [2.45, 2.75) is 142 Å². The molecule has 4 atom stereocenters. The van der Waals surface area contributed by atoms with Crippen molar-refractivity contribution >= 4 is 44.3 Å². The molecule has 4 unspecified atom stereocenters. The smallest absolute Gasteiger partial charge is 0.192 e. The summed E-state index contributed by atoms with van der Waals surface area (Å²) in [7, 11) is 0. The average molecular weight is 531 g/mol. The lowest BCUT2D eigenvalue weighted by atomic mass is 9.80. The van der Waals surface area contributed by atoms with Crippen LogP contribution in [0.5, 0.6) is 0 Å². The predicted octanol–water partition coefficient (Wildman–Crippen LogP) is 8.13. The monoisotopic (exact) mass is 530 g/mol. The van der Waals surface area contributed by atoms with Gasteiger partial charge >= 0.3 is 0 Å². The minimum atomic E-state index is -0.437. The molecule has 0 radical (unpaired) electrons. The number of thiophene rings is 2. The Balaban J connectivity index is 1.48. The Kier molecular flexibility index (Phi) is 10.2. The summed E-state index contributed by atoms with van der Waals surface area (Å²) in [5.74, 6) is 0.248. The summed E-state index contributed by atoms with van der Waals surface area (Å²) < 4.78 is 1.13. The van der Waals surface area contributed by atoms with Gasteiger partial charge in [-0.25, -0.2) is 0 Å². The fourth-order valence-electron chi connectivity index (χ4n) is 6.25. The summed E-state index contributed by atoms with van der Waals surface area (Å²) in [5.41, 5.74) is 0.699. The first-order valence-corrected chi connectivity index (χ1v) is 16.2. The van der Waals surface area contributed by atoms with E-state index < -0.39 is 12.1 Å². The molecule has 0 saturated carbocycles. The van der Waals surface area contributed by atoms with E-state index in [1.165, 1.54) is 81.9 Å². The second-order valence-electron chi connectivity index (χ2n) is 11.1. The predicted molar refractivity (Wildman–Crippen MR) is 155 cm³/mol. The third kappa shape index (κ3) is 5.98. The van der Waals surface area contributed by atoms with Gasteiger partial charge in [0.1, 0.15) is 0 Å². The van der Waals surface area contributed by atoms with Crippen molar-refractivity contribution in [1.29, 1.82) is 0 Å². The summed E-state index contributed by atoms with van der Waals surface area (Å²) in [5, 5.41) is 8.52. The SMILES string of the molecule is CCCCCCCCC1NC2C(=O)c3sc4c(C)sc(C)c4c3C(=O)C2NC1CCCCCCCC. The molecule has 4 rings (SSSR count). The zero-order valence-corrected chi connectivity index (χ0v) is 24.5. The number of hydrogen-bond donors (Lipinski definition) is 2. The highest BCUT2D eigenvalue weighted by molar-refractivity contribution is 7.26. The van der Waals surface area contributed by atoms with Crippen LogP contribution < -0.4 is 10.6 Å². The highest BCUT2D eigenvalue weighted by Crippen LogP contribution is 2.44. The molecule has 0 aromatic carbocycles. The quantitative estimate of drug-likeness (QED) is 0.242. The Morgan fingerprint density at radius 3 is 1.69 bits per heavy atom. The highest BCUT2D eigenvalue weighted by atomic mass is 32.1. The second-order valence-corrected chi connectivity index (χ2v) is 13.5. The maximum Gasteiger partial charge on any atom is 0.192 e. The Morgan fingerprint density at radius 1 is 0.639 bits per heavy atom. The molecule has 2 N–H and O–H groups in total. The maximum atomic E-state index is 13.9. The van der Waals surface area contributed by atoms with Crippen LogP contribution in [0.2, 0.25) is 0 Å². The fourth-order valence-corrected chi connectivity index (χ4v) is 8.76. The number of Topliss-reactive ketones (excluding diaryl/α,β-unsaturated/α-hetero) is 2. The number of fused-ring (bicyclic) bond motifs is 4. The van der Waals surface area contributed by atoms with Gasteiger partial charge in [0.15, 0.2) is 11.6 Å². The molecule has 0 bridgehead atoms. The Hall–Kier alpha value is -1.08. The third-order valence-corrected chi connectivity index (χ3v) is 10.7. The van der Waals surface area contributed by atoms with Crippen LogP contribution in [-0.4, -0.2) is 35.7 Å². The highest BCUT2D eigenvalue weighted by Gasteiger charge is 2.49. The van der Waals surface area contributed by atoms with Crippen molar-refractivity contribution < 1.29 is 9.59 Å². The summed E-state index contributed by atoms with van der Waals surface area (Å²) in [6, 6.07) is -0.350. The molecule has 2 aromatic heterocycles. The summed E-state index contributed by atoms with van der Waals surface area (Å²) in [6.45, 7) is 8.71. The van der Waals surface area contributed by atoms with Crippen LogP contribution in [0.25, 0.3) is 10.1 Å². The van der Waals surface area contributed by atoms with Gasteiger partial charge in [-0.1, -0.05) is 90.9 Å². The van der Waals surface area contributed by atoms with E-state index in [2.05, 4.69) is 38.3 Å². The maximum absolute atomic E-state index is 13.9. The Bertz CT molecular complexity index is 1040. The number of unbranched alkanes of at least 4 members (excludes halogenated alkanes) is 10. The molecule has 36 heavy (non-hydrogen) atoms. The molecular formula is C30H46N2O2S2. The first kappa shape index (κ1) is 27.9. The van der Waals surface area contributed by atoms with Crippen LogP contribution in [0.3, 0.4) is 0 Å². The minimum absolute atomic E-state index is 0.123. The number of rotatable bonds is 14. The van der Waals surface area contributed by atoms with Crippen molar-refractivity contribution in [3.05, 3.63) is 20.2 Å². The lowest BCUT2D eigenvalue weighted by molar-refractivity contribution is 0.0716. The molecule has 1 fully saturated rings.